The first-order valence-electron chi connectivity index (χ1n) is 8.35. The topological polar surface area (TPSA) is 29.3 Å². The first-order chi connectivity index (χ1) is 10.6. The maximum Gasteiger partial charge on any atom is 0.141 e. The van der Waals surface area contributed by atoms with Crippen LogP contribution in [0.5, 0.6) is 0 Å². The monoisotopic (exact) mass is 298 g/mol. The lowest BCUT2D eigenvalue weighted by molar-refractivity contribution is 0.245. The van der Waals surface area contributed by atoms with E-state index in [0.29, 0.717) is 6.04 Å². The highest BCUT2D eigenvalue weighted by Crippen LogP contribution is 2.37. The molecule has 0 radical (unpaired) electrons. The molecule has 0 N–H and O–H groups in total. The lowest BCUT2D eigenvalue weighted by atomic mass is 10.0. The molecule has 1 fully saturated rings. The van der Waals surface area contributed by atoms with E-state index in [1.54, 1.807) is 0 Å². The van der Waals surface area contributed by atoms with Crippen molar-refractivity contribution >= 4 is 0 Å². The molecular weight excluding hydrogens is 272 g/mol. The zero-order valence-corrected chi connectivity index (χ0v) is 14.1. The summed E-state index contributed by atoms with van der Waals surface area (Å²) in [5.74, 6) is 1.06. The Morgan fingerprint density at radius 1 is 1.23 bits per heavy atom. The van der Waals surface area contributed by atoms with Gasteiger partial charge >= 0.3 is 0 Å². The second-order valence-corrected chi connectivity index (χ2v) is 6.51. The highest BCUT2D eigenvalue weighted by atomic mass is 16.5. The maximum atomic E-state index is 5.51. The van der Waals surface area contributed by atoms with Crippen molar-refractivity contribution in [1.82, 2.24) is 10.1 Å². The molecule has 0 saturated carbocycles. The maximum absolute atomic E-state index is 5.51. The summed E-state index contributed by atoms with van der Waals surface area (Å²) in [4.78, 5) is 2.59. The van der Waals surface area contributed by atoms with Crippen LogP contribution in [0.2, 0.25) is 0 Å². The molecule has 0 aliphatic carbocycles. The van der Waals surface area contributed by atoms with Crippen LogP contribution in [0.1, 0.15) is 59.5 Å². The van der Waals surface area contributed by atoms with Gasteiger partial charge in [0.25, 0.3) is 0 Å². The molecule has 0 spiro atoms. The third-order valence-corrected chi connectivity index (χ3v) is 4.96. The molecule has 2 aromatic rings. The summed E-state index contributed by atoms with van der Waals surface area (Å²) in [5.41, 5.74) is 6.55. The molecule has 1 saturated heterocycles. The predicted octanol–water partition coefficient (Wildman–Crippen LogP) is 4.50. The molecule has 3 rings (SSSR count). The van der Waals surface area contributed by atoms with Gasteiger partial charge in [0.15, 0.2) is 0 Å². The van der Waals surface area contributed by atoms with Gasteiger partial charge in [-0.2, -0.15) is 0 Å². The van der Waals surface area contributed by atoms with Crippen molar-refractivity contribution in [2.75, 3.05) is 6.54 Å². The van der Waals surface area contributed by atoms with Gasteiger partial charge in [-0.15, -0.1) is 0 Å². The van der Waals surface area contributed by atoms with Crippen LogP contribution in [0.4, 0.5) is 0 Å². The van der Waals surface area contributed by atoms with Gasteiger partial charge in [-0.1, -0.05) is 30.3 Å². The zero-order chi connectivity index (χ0) is 15.7. The van der Waals surface area contributed by atoms with E-state index in [1.165, 1.54) is 35.1 Å². The number of rotatable bonds is 4. The molecule has 0 bridgehead atoms. The average Bonchev–Trinajstić information content (AvgIpc) is 3.09. The summed E-state index contributed by atoms with van der Waals surface area (Å²) in [6.45, 7) is 10.8. The van der Waals surface area contributed by atoms with E-state index < -0.39 is 0 Å². The summed E-state index contributed by atoms with van der Waals surface area (Å²) in [6.07, 6.45) is 3.38. The number of aryl methyl sites for hydroxylation is 4. The Morgan fingerprint density at radius 3 is 2.77 bits per heavy atom. The minimum Gasteiger partial charge on any atom is -0.361 e. The number of nitrogens with zero attached hydrogens (tertiary/aromatic N) is 2. The van der Waals surface area contributed by atoms with E-state index in [4.69, 9.17) is 4.52 Å². The highest BCUT2D eigenvalue weighted by Gasteiger charge is 2.31. The third-order valence-electron chi connectivity index (χ3n) is 4.96. The predicted molar refractivity (Wildman–Crippen MR) is 88.9 cm³/mol. The van der Waals surface area contributed by atoms with Crippen LogP contribution in [0.25, 0.3) is 0 Å². The number of hydrogen-bond acceptors (Lipinski definition) is 3. The third kappa shape index (κ3) is 2.82. The molecule has 3 nitrogen and oxygen atoms in total. The summed E-state index contributed by atoms with van der Waals surface area (Å²) in [6, 6.07) is 7.28. The summed E-state index contributed by atoms with van der Waals surface area (Å²) in [7, 11) is 0. The summed E-state index contributed by atoms with van der Waals surface area (Å²) in [5, 5.41) is 4.20. The molecule has 118 valence electrons. The smallest absolute Gasteiger partial charge is 0.141 e. The first kappa shape index (κ1) is 15.3. The largest absolute Gasteiger partial charge is 0.361 e. The molecular formula is C19H26N2O. The van der Waals surface area contributed by atoms with E-state index in [1.807, 2.05) is 0 Å². The standard InChI is InChI=1S/C19H26N2O/c1-5-18-19(15(4)20-22-18)17-7-6-10-21(17)12-16-9-8-13(2)14(3)11-16/h8-9,11,17H,5-7,10,12H2,1-4H3/t17-/m1/s1. The Bertz CT molecular complexity index is 659. The van der Waals surface area contributed by atoms with E-state index >= 15 is 0 Å². The van der Waals surface area contributed by atoms with Gasteiger partial charge < -0.3 is 4.52 Å². The average molecular weight is 298 g/mol. The van der Waals surface area contributed by atoms with Crippen LogP contribution in [-0.2, 0) is 13.0 Å². The first-order valence-corrected chi connectivity index (χ1v) is 8.35. The Kier molecular flexibility index (Phi) is 4.34. The van der Waals surface area contributed by atoms with Gasteiger partial charge in [0.05, 0.1) is 5.69 Å². The van der Waals surface area contributed by atoms with Gasteiger partial charge in [-0.3, -0.25) is 4.90 Å². The lowest BCUT2D eigenvalue weighted by Crippen LogP contribution is -2.23. The minimum absolute atomic E-state index is 0.461. The molecule has 0 amide bonds. The van der Waals surface area contributed by atoms with Gasteiger partial charge in [0.1, 0.15) is 5.76 Å². The van der Waals surface area contributed by atoms with Gasteiger partial charge in [0.2, 0.25) is 0 Å². The number of hydrogen-bond donors (Lipinski definition) is 0. The molecule has 1 aromatic heterocycles. The highest BCUT2D eigenvalue weighted by molar-refractivity contribution is 5.31. The van der Waals surface area contributed by atoms with E-state index in [0.717, 1.165) is 31.0 Å². The second kappa shape index (κ2) is 6.25. The number of likely N-dealkylation sites (tertiary alicyclic amines) is 1. The Morgan fingerprint density at radius 2 is 2.05 bits per heavy atom. The fraction of sp³-hybridized carbons (Fsp3) is 0.526. The van der Waals surface area contributed by atoms with Crippen LogP contribution < -0.4 is 0 Å². The van der Waals surface area contributed by atoms with E-state index in [-0.39, 0.29) is 0 Å². The van der Waals surface area contributed by atoms with E-state index in [2.05, 4.69) is 56.0 Å². The lowest BCUT2D eigenvalue weighted by Gasteiger charge is -2.25. The Labute approximate surface area is 133 Å². The summed E-state index contributed by atoms with van der Waals surface area (Å²) >= 11 is 0. The molecule has 3 heteroatoms. The fourth-order valence-electron chi connectivity index (χ4n) is 3.58. The minimum atomic E-state index is 0.461. The van der Waals surface area contributed by atoms with Crippen molar-refractivity contribution in [1.29, 1.82) is 0 Å². The quantitative estimate of drug-likeness (QED) is 0.832. The van der Waals surface area contributed by atoms with Crippen LogP contribution in [0.3, 0.4) is 0 Å². The molecule has 1 atom stereocenters. The van der Waals surface area contributed by atoms with Crippen molar-refractivity contribution in [3.05, 3.63) is 51.9 Å². The van der Waals surface area contributed by atoms with Gasteiger partial charge in [0, 0.05) is 24.6 Å². The van der Waals surface area contributed by atoms with Crippen molar-refractivity contribution in [3.63, 3.8) is 0 Å². The van der Waals surface area contributed by atoms with Gasteiger partial charge in [-0.25, -0.2) is 0 Å². The van der Waals surface area contributed by atoms with Crippen molar-refractivity contribution in [2.45, 2.75) is 59.5 Å². The second-order valence-electron chi connectivity index (χ2n) is 6.51. The van der Waals surface area contributed by atoms with Crippen molar-refractivity contribution < 1.29 is 4.52 Å². The van der Waals surface area contributed by atoms with E-state index in [9.17, 15) is 0 Å². The van der Waals surface area contributed by atoms with Crippen LogP contribution >= 0.6 is 0 Å². The fourth-order valence-corrected chi connectivity index (χ4v) is 3.58. The van der Waals surface area contributed by atoms with Crippen LogP contribution in [0, 0.1) is 20.8 Å². The van der Waals surface area contributed by atoms with Crippen molar-refractivity contribution in [2.24, 2.45) is 0 Å². The zero-order valence-electron chi connectivity index (χ0n) is 14.1. The Hall–Kier alpha value is -1.61. The number of aromatic nitrogens is 1. The molecule has 0 unspecified atom stereocenters. The molecule has 1 aliphatic rings. The Balaban J connectivity index is 1.84. The van der Waals surface area contributed by atoms with Crippen LogP contribution in [0.15, 0.2) is 22.7 Å². The number of benzene rings is 1. The summed E-state index contributed by atoms with van der Waals surface area (Å²) < 4.78 is 5.51. The molecule has 2 heterocycles. The molecule has 22 heavy (non-hydrogen) atoms. The van der Waals surface area contributed by atoms with Gasteiger partial charge in [-0.05, 0) is 56.8 Å². The molecule has 1 aliphatic heterocycles. The van der Waals surface area contributed by atoms with Crippen molar-refractivity contribution in [3.8, 4) is 0 Å². The van der Waals surface area contributed by atoms with Crippen LogP contribution in [-0.4, -0.2) is 16.6 Å². The SMILES string of the molecule is CCc1onc(C)c1[C@H]1CCCN1Cc1ccc(C)c(C)c1. The normalized spacial score (nSPS) is 19.0. The molecule has 1 aromatic carbocycles.